The summed E-state index contributed by atoms with van der Waals surface area (Å²) in [5, 5.41) is 23.1. The van der Waals surface area contributed by atoms with Gasteiger partial charge in [-0.1, -0.05) is 90.0 Å². The zero-order valence-corrected chi connectivity index (χ0v) is 23.5. The van der Waals surface area contributed by atoms with Crippen LogP contribution < -0.4 is 0 Å². The molecule has 0 aliphatic carbocycles. The van der Waals surface area contributed by atoms with E-state index >= 15 is 4.79 Å². The molecule has 6 atom stereocenters. The summed E-state index contributed by atoms with van der Waals surface area (Å²) in [6.07, 6.45) is -1.56. The van der Waals surface area contributed by atoms with Crippen LogP contribution in [-0.4, -0.2) is 57.7 Å². The largest absolute Gasteiger partial charge is 0.391 e. The third-order valence-electron chi connectivity index (χ3n) is 8.79. The number of thioether (sulfide) groups is 2. The molecule has 3 aliphatic rings. The zero-order chi connectivity index (χ0) is 26.5. The first-order chi connectivity index (χ1) is 18.3. The Bertz CT molecular complexity index is 1220. The van der Waals surface area contributed by atoms with Gasteiger partial charge in [0.15, 0.2) is 5.78 Å². The highest BCUT2D eigenvalue weighted by Gasteiger charge is 2.70. The van der Waals surface area contributed by atoms with Gasteiger partial charge in [0.2, 0.25) is 0 Å². The number of piperidine rings is 1. The van der Waals surface area contributed by atoms with Crippen LogP contribution >= 0.6 is 23.5 Å². The van der Waals surface area contributed by atoms with E-state index in [0.29, 0.717) is 31.1 Å². The number of aliphatic hydroxyl groups is 2. The van der Waals surface area contributed by atoms with Gasteiger partial charge in [-0.3, -0.25) is 9.69 Å². The van der Waals surface area contributed by atoms with Crippen LogP contribution in [0.4, 0.5) is 0 Å². The number of ketones is 1. The van der Waals surface area contributed by atoms with E-state index in [1.54, 1.807) is 23.5 Å². The number of likely N-dealkylation sites (tertiary alicyclic amines) is 1. The maximum atomic E-state index is 15.1. The Balaban J connectivity index is 1.50. The average Bonchev–Trinajstić information content (AvgIpc) is 3.41. The summed E-state index contributed by atoms with van der Waals surface area (Å²) < 4.78 is 0. The first kappa shape index (κ1) is 26.1. The average molecular weight is 546 g/mol. The first-order valence-corrected chi connectivity index (χ1v) is 15.5. The van der Waals surface area contributed by atoms with Gasteiger partial charge in [-0.2, -0.15) is 0 Å². The molecule has 3 heterocycles. The molecule has 2 N–H and O–H groups in total. The van der Waals surface area contributed by atoms with Crippen molar-refractivity contribution in [2.24, 2.45) is 10.8 Å². The van der Waals surface area contributed by atoms with Crippen molar-refractivity contribution in [2.45, 2.75) is 43.1 Å². The number of carbonyl (C=O) groups is 1. The van der Waals surface area contributed by atoms with E-state index in [1.807, 2.05) is 18.2 Å². The van der Waals surface area contributed by atoms with Crippen LogP contribution in [0.3, 0.4) is 0 Å². The van der Waals surface area contributed by atoms with Crippen molar-refractivity contribution in [3.63, 3.8) is 0 Å². The van der Waals surface area contributed by atoms with Crippen LogP contribution in [-0.2, 0) is 11.3 Å². The second kappa shape index (κ2) is 10.1. The molecule has 0 saturated carbocycles. The predicted molar refractivity (Wildman–Crippen MR) is 156 cm³/mol. The van der Waals surface area contributed by atoms with Gasteiger partial charge < -0.3 is 10.2 Å². The molecule has 38 heavy (non-hydrogen) atoms. The molecule has 3 saturated heterocycles. The topological polar surface area (TPSA) is 60.8 Å². The van der Waals surface area contributed by atoms with Crippen LogP contribution in [0.5, 0.6) is 0 Å². The van der Waals surface area contributed by atoms with Crippen molar-refractivity contribution in [1.29, 1.82) is 0 Å². The van der Waals surface area contributed by atoms with E-state index < -0.39 is 23.0 Å². The van der Waals surface area contributed by atoms with Gasteiger partial charge in [0.1, 0.15) is 0 Å². The lowest BCUT2D eigenvalue weighted by Crippen LogP contribution is -2.67. The standard InChI is InChI=1S/C32H35NO3S2/c1-21-8-12-24(13-9-21)28-31(26(34)17-37-28)19-33(16-23-6-4-3-5-7-23)20-32(30(31)36)27(35)18-38-29(32)25-14-10-22(2)11-15-25/h3-15,26-29,34-35H,16-20H2,1-2H3. The highest BCUT2D eigenvalue weighted by atomic mass is 32.2. The van der Waals surface area contributed by atoms with Gasteiger partial charge in [0.05, 0.1) is 23.0 Å². The van der Waals surface area contributed by atoms with E-state index in [-0.39, 0.29) is 16.3 Å². The summed E-state index contributed by atoms with van der Waals surface area (Å²) in [5.41, 5.74) is 3.68. The Labute approximate surface area is 233 Å². The first-order valence-electron chi connectivity index (χ1n) is 13.4. The molecule has 6 unspecified atom stereocenters. The van der Waals surface area contributed by atoms with Gasteiger partial charge in [-0.25, -0.2) is 0 Å². The highest BCUT2D eigenvalue weighted by Crippen LogP contribution is 2.65. The number of hydrogen-bond acceptors (Lipinski definition) is 6. The number of aliphatic hydroxyl groups excluding tert-OH is 2. The minimum Gasteiger partial charge on any atom is -0.391 e. The molecule has 198 valence electrons. The van der Waals surface area contributed by atoms with Crippen LogP contribution in [0.25, 0.3) is 0 Å². The fourth-order valence-electron chi connectivity index (χ4n) is 6.83. The summed E-state index contributed by atoms with van der Waals surface area (Å²) in [6.45, 7) is 5.77. The van der Waals surface area contributed by atoms with Gasteiger partial charge >= 0.3 is 0 Å². The highest BCUT2D eigenvalue weighted by molar-refractivity contribution is 8.00. The van der Waals surface area contributed by atoms with Crippen molar-refractivity contribution >= 4 is 29.3 Å². The maximum Gasteiger partial charge on any atom is 0.155 e. The normalized spacial score (nSPS) is 33.4. The second-order valence-electron chi connectivity index (χ2n) is 11.3. The molecule has 0 radical (unpaired) electrons. The molecule has 3 aromatic rings. The molecule has 6 heteroatoms. The third-order valence-corrected chi connectivity index (χ3v) is 11.9. The monoisotopic (exact) mass is 545 g/mol. The Morgan fingerprint density at radius 2 is 1.18 bits per heavy atom. The molecule has 2 spiro atoms. The summed E-state index contributed by atoms with van der Waals surface area (Å²) in [4.78, 5) is 17.5. The molecular formula is C32H35NO3S2. The summed E-state index contributed by atoms with van der Waals surface area (Å²) in [5.74, 6) is 1.07. The molecule has 6 rings (SSSR count). The van der Waals surface area contributed by atoms with Crippen LogP contribution in [0.15, 0.2) is 78.9 Å². The quantitative estimate of drug-likeness (QED) is 0.460. The van der Waals surface area contributed by atoms with Crippen molar-refractivity contribution in [3.05, 3.63) is 107 Å². The molecular weight excluding hydrogens is 510 g/mol. The Kier molecular flexibility index (Phi) is 6.98. The minimum absolute atomic E-state index is 0.0421. The van der Waals surface area contributed by atoms with Gasteiger partial charge in [0.25, 0.3) is 0 Å². The molecule has 0 aromatic heterocycles. The fraction of sp³-hybridized carbons (Fsp3) is 0.406. The molecule has 3 aliphatic heterocycles. The number of nitrogens with zero attached hydrogens (tertiary/aromatic N) is 1. The van der Waals surface area contributed by atoms with E-state index in [4.69, 9.17) is 0 Å². The summed E-state index contributed by atoms with van der Waals surface area (Å²) >= 11 is 3.37. The smallest absolute Gasteiger partial charge is 0.155 e. The van der Waals surface area contributed by atoms with Gasteiger partial charge in [0, 0.05) is 41.6 Å². The molecule has 3 fully saturated rings. The third kappa shape index (κ3) is 4.16. The van der Waals surface area contributed by atoms with Crippen molar-refractivity contribution < 1.29 is 15.0 Å². The van der Waals surface area contributed by atoms with Crippen molar-refractivity contribution in [3.8, 4) is 0 Å². The summed E-state index contributed by atoms with van der Waals surface area (Å²) in [6, 6.07) is 27.1. The van der Waals surface area contributed by atoms with Gasteiger partial charge in [-0.15, -0.1) is 23.5 Å². The van der Waals surface area contributed by atoms with Crippen molar-refractivity contribution in [2.75, 3.05) is 24.6 Å². The van der Waals surface area contributed by atoms with Crippen LogP contribution in [0.2, 0.25) is 0 Å². The fourth-order valence-corrected chi connectivity index (χ4v) is 10.1. The lowest BCUT2D eigenvalue weighted by Gasteiger charge is -2.54. The van der Waals surface area contributed by atoms with E-state index in [9.17, 15) is 10.2 Å². The predicted octanol–water partition coefficient (Wildman–Crippen LogP) is 5.36. The minimum atomic E-state index is -0.998. The molecule has 0 amide bonds. The number of aryl methyl sites for hydroxylation is 2. The number of carbonyl (C=O) groups excluding carboxylic acids is 1. The Morgan fingerprint density at radius 1 is 0.737 bits per heavy atom. The molecule has 0 bridgehead atoms. The van der Waals surface area contributed by atoms with Crippen molar-refractivity contribution in [1.82, 2.24) is 4.90 Å². The SMILES string of the molecule is Cc1ccc(C2SCC(O)C23CN(Cc2ccccc2)CC2(C3=O)C(O)CSC2c2ccc(C)cc2)cc1. The Hall–Kier alpha value is -2.09. The van der Waals surface area contributed by atoms with Crippen LogP contribution in [0.1, 0.15) is 38.3 Å². The van der Waals surface area contributed by atoms with E-state index in [1.165, 1.54) is 16.7 Å². The maximum absolute atomic E-state index is 15.1. The lowest BCUT2D eigenvalue weighted by molar-refractivity contribution is -0.165. The lowest BCUT2D eigenvalue weighted by atomic mass is 9.57. The number of benzene rings is 3. The van der Waals surface area contributed by atoms with E-state index in [0.717, 1.165) is 11.1 Å². The second-order valence-corrected chi connectivity index (χ2v) is 13.6. The molecule has 4 nitrogen and oxygen atoms in total. The number of rotatable bonds is 4. The molecule has 3 aromatic carbocycles. The Morgan fingerprint density at radius 3 is 1.63 bits per heavy atom. The zero-order valence-electron chi connectivity index (χ0n) is 21.9. The number of Topliss-reactive ketones (excluding diaryl/α,β-unsaturated/α-hetero) is 1. The number of hydrogen-bond donors (Lipinski definition) is 2. The van der Waals surface area contributed by atoms with Crippen LogP contribution in [0, 0.1) is 24.7 Å². The van der Waals surface area contributed by atoms with E-state index in [2.05, 4.69) is 79.4 Å². The van der Waals surface area contributed by atoms with Gasteiger partial charge in [-0.05, 0) is 30.5 Å². The summed E-state index contributed by atoms with van der Waals surface area (Å²) in [7, 11) is 0.